The Kier molecular flexibility index (Phi) is 10.4. The molecule has 0 radical (unpaired) electrons. The quantitative estimate of drug-likeness (QED) is 0.215. The number of urea groups is 1. The van der Waals surface area contributed by atoms with Crippen LogP contribution in [0.5, 0.6) is 0 Å². The molecule has 9 nitrogen and oxygen atoms in total. The fourth-order valence-corrected chi connectivity index (χ4v) is 8.62. The van der Waals surface area contributed by atoms with Crippen molar-refractivity contribution in [2.75, 3.05) is 39.3 Å². The lowest BCUT2D eigenvalue weighted by molar-refractivity contribution is -0.392. The minimum absolute atomic E-state index is 0.126. The van der Waals surface area contributed by atoms with Crippen LogP contribution in [-0.2, 0) is 36.3 Å². The van der Waals surface area contributed by atoms with E-state index in [1.54, 1.807) is 0 Å². The van der Waals surface area contributed by atoms with Gasteiger partial charge in [0.05, 0.1) is 23.1 Å². The first-order valence-corrected chi connectivity index (χ1v) is 17.1. The first-order chi connectivity index (χ1) is 24.3. The first-order valence-electron chi connectivity index (χ1n) is 15.6. The summed E-state index contributed by atoms with van der Waals surface area (Å²) in [4.78, 5) is 29.0. The van der Waals surface area contributed by atoms with Crippen LogP contribution in [0.1, 0.15) is 35.6 Å². The van der Waals surface area contributed by atoms with Crippen LogP contribution in [0.3, 0.4) is 0 Å². The van der Waals surface area contributed by atoms with Gasteiger partial charge >= 0.3 is 18.4 Å². The Labute approximate surface area is 292 Å². The van der Waals surface area contributed by atoms with E-state index in [0.717, 1.165) is 54.6 Å². The second-order valence-corrected chi connectivity index (χ2v) is 14.6. The minimum Gasteiger partial charge on any atom is -0.349 e. The summed E-state index contributed by atoms with van der Waals surface area (Å²) in [5.74, 6) is -2.26. The monoisotopic (exact) mass is 758 g/mol. The Hall–Kier alpha value is -4.76. The first kappa shape index (κ1) is 38.5. The third-order valence-electron chi connectivity index (χ3n) is 9.42. The van der Waals surface area contributed by atoms with Gasteiger partial charge in [0.1, 0.15) is 16.4 Å². The molecule has 3 aromatic rings. The van der Waals surface area contributed by atoms with Crippen molar-refractivity contribution in [2.45, 2.75) is 47.5 Å². The van der Waals surface area contributed by atoms with Crippen LogP contribution in [0.25, 0.3) is 0 Å². The van der Waals surface area contributed by atoms with Crippen molar-refractivity contribution in [1.29, 1.82) is 5.26 Å². The highest BCUT2D eigenvalue weighted by molar-refractivity contribution is 7.92. The maximum Gasteiger partial charge on any atom is 0.430 e. The van der Waals surface area contributed by atoms with Gasteiger partial charge in [-0.15, -0.1) is 0 Å². The normalized spacial score (nSPS) is 18.7. The predicted molar refractivity (Wildman–Crippen MR) is 167 cm³/mol. The zero-order chi connectivity index (χ0) is 38.3. The molecule has 278 valence electrons. The Bertz CT molecular complexity index is 1960. The molecule has 0 aliphatic carbocycles. The molecule has 0 saturated carbocycles. The largest absolute Gasteiger partial charge is 0.430 e. The molecule has 1 atom stereocenters. The van der Waals surface area contributed by atoms with Crippen molar-refractivity contribution in [3.63, 3.8) is 0 Å². The van der Waals surface area contributed by atoms with Gasteiger partial charge in [0.25, 0.3) is 5.60 Å². The lowest BCUT2D eigenvalue weighted by Crippen LogP contribution is -2.56. The van der Waals surface area contributed by atoms with E-state index in [-0.39, 0.29) is 50.6 Å². The van der Waals surface area contributed by atoms with E-state index in [9.17, 15) is 58.4 Å². The molecular weight excluding hydrogens is 728 g/mol. The zero-order valence-electron chi connectivity index (χ0n) is 27.3. The molecule has 0 aromatic heterocycles. The molecule has 3 amide bonds. The van der Waals surface area contributed by atoms with Gasteiger partial charge < -0.3 is 19.4 Å². The van der Waals surface area contributed by atoms with Crippen LogP contribution in [0, 0.1) is 23.0 Å². The number of carbonyl (C=O) groups excluding carboxylic acids is 2. The van der Waals surface area contributed by atoms with E-state index >= 15 is 0 Å². The van der Waals surface area contributed by atoms with Crippen molar-refractivity contribution in [2.24, 2.45) is 0 Å². The van der Waals surface area contributed by atoms with Crippen molar-refractivity contribution in [1.82, 2.24) is 14.7 Å². The maximum atomic E-state index is 14.6. The molecule has 0 spiro atoms. The Morgan fingerprint density at radius 3 is 1.94 bits per heavy atom. The summed E-state index contributed by atoms with van der Waals surface area (Å²) >= 11 is 0. The molecule has 2 fully saturated rings. The number of hydrogen-bond donors (Lipinski definition) is 0. The standard InChI is InChI=1S/C34H30F8N4O5S/c1-22(47)44-15-17-45(18-16-44)30(48)46-14-13-31(21-46,52(49,50)27-11-9-26(35)10-12-27)24-5-7-25(8-6-24)32(33(37,38)39,34(40,41)42)51-20-28-23(19-43)3-2-4-29(28)36/h2-12H,13-18,20-21H2,1H3/t31-/m0/s1. The molecule has 2 heterocycles. The van der Waals surface area contributed by atoms with Gasteiger partial charge in [-0.25, -0.2) is 22.0 Å². The molecule has 3 aromatic carbocycles. The van der Waals surface area contributed by atoms with Gasteiger partial charge in [0.2, 0.25) is 5.91 Å². The second kappa shape index (κ2) is 14.0. The highest BCUT2D eigenvalue weighted by Gasteiger charge is 2.73. The summed E-state index contributed by atoms with van der Waals surface area (Å²) in [6.45, 7) is -0.318. The van der Waals surface area contributed by atoms with Crippen molar-refractivity contribution >= 4 is 21.8 Å². The summed E-state index contributed by atoms with van der Waals surface area (Å²) in [5, 5.41) is 9.26. The molecule has 5 rings (SSSR count). The molecule has 2 saturated heterocycles. The fraction of sp³-hybridized carbons (Fsp3) is 0.382. The van der Waals surface area contributed by atoms with Gasteiger partial charge in [0.15, 0.2) is 9.84 Å². The highest BCUT2D eigenvalue weighted by Crippen LogP contribution is 2.54. The second-order valence-electron chi connectivity index (χ2n) is 12.3. The number of nitriles is 1. The van der Waals surface area contributed by atoms with Gasteiger partial charge in [-0.1, -0.05) is 30.3 Å². The topological polar surface area (TPSA) is 111 Å². The number of rotatable bonds is 7. The lowest BCUT2D eigenvalue weighted by Gasteiger charge is -2.38. The van der Waals surface area contributed by atoms with E-state index in [2.05, 4.69) is 4.74 Å². The number of alkyl halides is 6. The molecule has 0 N–H and O–H groups in total. The molecule has 0 bridgehead atoms. The third-order valence-corrected chi connectivity index (χ3v) is 11.9. The number of amides is 3. The van der Waals surface area contributed by atoms with Gasteiger partial charge in [-0.2, -0.15) is 31.6 Å². The Morgan fingerprint density at radius 2 is 1.40 bits per heavy atom. The van der Waals surface area contributed by atoms with Crippen LogP contribution in [0.15, 0.2) is 71.6 Å². The smallest absolute Gasteiger partial charge is 0.349 e. The number of sulfone groups is 1. The molecule has 2 aliphatic rings. The van der Waals surface area contributed by atoms with E-state index < -0.39 is 84.9 Å². The third kappa shape index (κ3) is 6.67. The van der Waals surface area contributed by atoms with Crippen LogP contribution >= 0.6 is 0 Å². The van der Waals surface area contributed by atoms with E-state index in [4.69, 9.17) is 0 Å². The number of carbonyl (C=O) groups is 2. The fourth-order valence-electron chi connectivity index (χ4n) is 6.54. The number of nitrogens with zero attached hydrogens (tertiary/aromatic N) is 4. The summed E-state index contributed by atoms with van der Waals surface area (Å²) in [7, 11) is -4.63. The zero-order valence-corrected chi connectivity index (χ0v) is 28.1. The average Bonchev–Trinajstić information content (AvgIpc) is 3.55. The lowest BCUT2D eigenvalue weighted by atomic mass is 9.88. The van der Waals surface area contributed by atoms with Gasteiger partial charge in [-0.05, 0) is 48.4 Å². The van der Waals surface area contributed by atoms with Crippen LogP contribution in [0.4, 0.5) is 39.9 Å². The van der Waals surface area contributed by atoms with Crippen molar-refractivity contribution in [3.8, 4) is 6.07 Å². The summed E-state index contributed by atoms with van der Waals surface area (Å²) < 4.78 is 147. The van der Waals surface area contributed by atoms with Gasteiger partial charge in [0, 0.05) is 57.3 Å². The number of likely N-dealkylation sites (tertiary alicyclic amines) is 1. The van der Waals surface area contributed by atoms with E-state index in [1.807, 2.05) is 0 Å². The summed E-state index contributed by atoms with van der Waals surface area (Å²) in [6.07, 6.45) is -12.7. The highest BCUT2D eigenvalue weighted by atomic mass is 32.2. The van der Waals surface area contributed by atoms with E-state index in [1.165, 1.54) is 27.7 Å². The molecular formula is C34H30F8N4O5S. The minimum atomic E-state index is -6.20. The van der Waals surface area contributed by atoms with Gasteiger partial charge in [-0.3, -0.25) is 4.79 Å². The Morgan fingerprint density at radius 1 is 0.827 bits per heavy atom. The van der Waals surface area contributed by atoms with Crippen LogP contribution < -0.4 is 0 Å². The maximum absolute atomic E-state index is 14.6. The molecule has 52 heavy (non-hydrogen) atoms. The predicted octanol–water partition coefficient (Wildman–Crippen LogP) is 6.03. The number of hydrogen-bond acceptors (Lipinski definition) is 6. The molecule has 18 heteroatoms. The van der Waals surface area contributed by atoms with Crippen molar-refractivity contribution in [3.05, 3.63) is 101 Å². The molecule has 0 unspecified atom stereocenters. The number of piperazine rings is 1. The van der Waals surface area contributed by atoms with Crippen LogP contribution in [-0.4, -0.2) is 86.7 Å². The number of benzene rings is 3. The van der Waals surface area contributed by atoms with Crippen LogP contribution in [0.2, 0.25) is 0 Å². The summed E-state index contributed by atoms with van der Waals surface area (Å²) in [6, 6.07) is 9.62. The number of halogens is 8. The summed E-state index contributed by atoms with van der Waals surface area (Å²) in [5.41, 5.74) is -8.24. The molecule has 2 aliphatic heterocycles. The Balaban J connectivity index is 1.57. The SMILES string of the molecule is CC(=O)N1CCN(C(=O)N2CC[C@](c3ccc(C(OCc4c(F)cccc4C#N)(C(F)(F)F)C(F)(F)F)cc3)(S(=O)(=O)c3ccc(F)cc3)C2)CC1. The van der Waals surface area contributed by atoms with Crippen molar-refractivity contribution < 1.29 is 57.9 Å². The average molecular weight is 759 g/mol. The van der Waals surface area contributed by atoms with E-state index in [0.29, 0.717) is 12.1 Å². The number of ether oxygens (including phenoxy) is 1.